The molecular formula is C17H21N3. The average Bonchev–Trinajstić information content (AvgIpc) is 2.47. The maximum atomic E-state index is 4.62. The van der Waals surface area contributed by atoms with Gasteiger partial charge in [0.25, 0.3) is 0 Å². The van der Waals surface area contributed by atoms with E-state index >= 15 is 0 Å². The molecule has 104 valence electrons. The quantitative estimate of drug-likeness (QED) is 0.834. The van der Waals surface area contributed by atoms with E-state index in [1.807, 2.05) is 13.0 Å². The zero-order valence-electron chi connectivity index (χ0n) is 12.2. The second-order valence-electron chi connectivity index (χ2n) is 5.45. The molecule has 2 heterocycles. The summed E-state index contributed by atoms with van der Waals surface area (Å²) < 4.78 is 0. The van der Waals surface area contributed by atoms with E-state index in [2.05, 4.69) is 58.1 Å². The SMILES string of the molecule is Cc1cccc(N2CCN(c3cccc(C)n3)CC2)c1. The van der Waals surface area contributed by atoms with E-state index in [1.165, 1.54) is 11.3 Å². The maximum Gasteiger partial charge on any atom is 0.128 e. The third kappa shape index (κ3) is 2.77. The molecule has 1 aliphatic rings. The third-order valence-electron chi connectivity index (χ3n) is 3.84. The molecule has 0 N–H and O–H groups in total. The van der Waals surface area contributed by atoms with Crippen molar-refractivity contribution < 1.29 is 0 Å². The molecule has 3 nitrogen and oxygen atoms in total. The van der Waals surface area contributed by atoms with E-state index in [1.54, 1.807) is 0 Å². The van der Waals surface area contributed by atoms with E-state index in [0.29, 0.717) is 0 Å². The molecule has 0 aliphatic carbocycles. The lowest BCUT2D eigenvalue weighted by atomic mass is 10.2. The largest absolute Gasteiger partial charge is 0.368 e. The Morgan fingerprint density at radius 3 is 2.25 bits per heavy atom. The molecule has 3 rings (SSSR count). The van der Waals surface area contributed by atoms with Gasteiger partial charge >= 0.3 is 0 Å². The first kappa shape index (κ1) is 13.0. The van der Waals surface area contributed by atoms with Crippen molar-refractivity contribution in [2.45, 2.75) is 13.8 Å². The highest BCUT2D eigenvalue weighted by Gasteiger charge is 2.18. The summed E-state index contributed by atoms with van der Waals surface area (Å²) in [4.78, 5) is 9.45. The molecule has 0 unspecified atom stereocenters. The Labute approximate surface area is 120 Å². The highest BCUT2D eigenvalue weighted by atomic mass is 15.3. The van der Waals surface area contributed by atoms with Gasteiger partial charge in [0.15, 0.2) is 0 Å². The van der Waals surface area contributed by atoms with Crippen molar-refractivity contribution in [1.29, 1.82) is 0 Å². The Kier molecular flexibility index (Phi) is 3.59. The number of aromatic nitrogens is 1. The number of aryl methyl sites for hydroxylation is 2. The number of anilines is 2. The van der Waals surface area contributed by atoms with Crippen LogP contribution in [-0.2, 0) is 0 Å². The van der Waals surface area contributed by atoms with Gasteiger partial charge in [0.05, 0.1) is 0 Å². The summed E-state index contributed by atoms with van der Waals surface area (Å²) in [5.41, 5.74) is 3.75. The molecule has 2 aromatic rings. The Morgan fingerprint density at radius 2 is 1.55 bits per heavy atom. The highest BCUT2D eigenvalue weighted by molar-refractivity contribution is 5.51. The summed E-state index contributed by atoms with van der Waals surface area (Å²) in [5.74, 6) is 1.11. The number of benzene rings is 1. The number of nitrogens with zero attached hydrogens (tertiary/aromatic N) is 3. The van der Waals surface area contributed by atoms with Crippen molar-refractivity contribution in [3.05, 3.63) is 53.7 Å². The van der Waals surface area contributed by atoms with Crippen molar-refractivity contribution in [2.24, 2.45) is 0 Å². The zero-order valence-corrected chi connectivity index (χ0v) is 12.2. The Balaban J connectivity index is 1.68. The van der Waals surface area contributed by atoms with Gasteiger partial charge in [-0.1, -0.05) is 18.2 Å². The van der Waals surface area contributed by atoms with E-state index in [9.17, 15) is 0 Å². The first-order valence-electron chi connectivity index (χ1n) is 7.22. The zero-order chi connectivity index (χ0) is 13.9. The van der Waals surface area contributed by atoms with Crippen molar-refractivity contribution in [3.8, 4) is 0 Å². The number of pyridine rings is 1. The van der Waals surface area contributed by atoms with Crippen LogP contribution >= 0.6 is 0 Å². The molecule has 1 fully saturated rings. The highest BCUT2D eigenvalue weighted by Crippen LogP contribution is 2.20. The van der Waals surface area contributed by atoms with Crippen LogP contribution in [0.3, 0.4) is 0 Å². The van der Waals surface area contributed by atoms with Gasteiger partial charge in [-0.05, 0) is 43.7 Å². The van der Waals surface area contributed by atoms with E-state index in [4.69, 9.17) is 0 Å². The monoisotopic (exact) mass is 267 g/mol. The minimum atomic E-state index is 1.03. The lowest BCUT2D eigenvalue weighted by molar-refractivity contribution is 0.647. The third-order valence-corrected chi connectivity index (χ3v) is 3.84. The predicted octanol–water partition coefficient (Wildman–Crippen LogP) is 3.03. The van der Waals surface area contributed by atoms with Crippen LogP contribution in [0, 0.1) is 13.8 Å². The van der Waals surface area contributed by atoms with Crippen molar-refractivity contribution >= 4 is 11.5 Å². The summed E-state index contributed by atoms with van der Waals surface area (Å²) in [6.07, 6.45) is 0. The summed E-state index contributed by atoms with van der Waals surface area (Å²) in [5, 5.41) is 0. The molecule has 1 aliphatic heterocycles. The molecule has 1 saturated heterocycles. The predicted molar refractivity (Wildman–Crippen MR) is 84.6 cm³/mol. The second-order valence-corrected chi connectivity index (χ2v) is 5.45. The first-order chi connectivity index (χ1) is 9.72. The van der Waals surface area contributed by atoms with Gasteiger partial charge in [0, 0.05) is 37.6 Å². The summed E-state index contributed by atoms with van der Waals surface area (Å²) in [7, 11) is 0. The lowest BCUT2D eigenvalue weighted by Gasteiger charge is -2.37. The van der Waals surface area contributed by atoms with Crippen LogP contribution in [0.5, 0.6) is 0 Å². The first-order valence-corrected chi connectivity index (χ1v) is 7.22. The molecule has 0 amide bonds. The average molecular weight is 267 g/mol. The maximum absolute atomic E-state index is 4.62. The van der Waals surface area contributed by atoms with Crippen LogP contribution < -0.4 is 9.80 Å². The van der Waals surface area contributed by atoms with Crippen LogP contribution in [0.1, 0.15) is 11.3 Å². The van der Waals surface area contributed by atoms with Crippen LogP contribution in [-0.4, -0.2) is 31.2 Å². The second kappa shape index (κ2) is 5.53. The van der Waals surface area contributed by atoms with E-state index in [0.717, 1.165) is 37.7 Å². The van der Waals surface area contributed by atoms with Gasteiger partial charge in [0.2, 0.25) is 0 Å². The van der Waals surface area contributed by atoms with Gasteiger partial charge < -0.3 is 9.80 Å². The number of rotatable bonds is 2. The summed E-state index contributed by atoms with van der Waals surface area (Å²) in [6, 6.07) is 15.0. The number of hydrogen-bond acceptors (Lipinski definition) is 3. The van der Waals surface area contributed by atoms with Gasteiger partial charge in [-0.2, -0.15) is 0 Å². The molecule has 20 heavy (non-hydrogen) atoms. The van der Waals surface area contributed by atoms with Gasteiger partial charge in [-0.25, -0.2) is 4.98 Å². The van der Waals surface area contributed by atoms with E-state index < -0.39 is 0 Å². The Morgan fingerprint density at radius 1 is 0.850 bits per heavy atom. The van der Waals surface area contributed by atoms with Crippen molar-refractivity contribution in [1.82, 2.24) is 4.98 Å². The minimum absolute atomic E-state index is 1.03. The van der Waals surface area contributed by atoms with Crippen LogP contribution in [0.15, 0.2) is 42.5 Å². The molecule has 3 heteroatoms. The normalized spacial score (nSPS) is 15.5. The van der Waals surface area contributed by atoms with Gasteiger partial charge in [-0.15, -0.1) is 0 Å². The van der Waals surface area contributed by atoms with Crippen LogP contribution in [0.25, 0.3) is 0 Å². The molecule has 0 spiro atoms. The van der Waals surface area contributed by atoms with Crippen LogP contribution in [0.2, 0.25) is 0 Å². The molecule has 0 saturated carbocycles. The fourth-order valence-corrected chi connectivity index (χ4v) is 2.72. The fourth-order valence-electron chi connectivity index (χ4n) is 2.72. The lowest BCUT2D eigenvalue weighted by Crippen LogP contribution is -2.46. The van der Waals surface area contributed by atoms with E-state index in [-0.39, 0.29) is 0 Å². The fraction of sp³-hybridized carbons (Fsp3) is 0.353. The standard InChI is InChI=1S/C17H21N3/c1-14-5-3-7-16(13-14)19-9-11-20(12-10-19)17-8-4-6-15(2)18-17/h3-8,13H,9-12H2,1-2H3. The summed E-state index contributed by atoms with van der Waals surface area (Å²) >= 11 is 0. The topological polar surface area (TPSA) is 19.4 Å². The minimum Gasteiger partial charge on any atom is -0.368 e. The van der Waals surface area contributed by atoms with Crippen LogP contribution in [0.4, 0.5) is 11.5 Å². The Hall–Kier alpha value is -2.03. The Bertz CT molecular complexity index is 533. The molecule has 0 atom stereocenters. The number of piperazine rings is 1. The van der Waals surface area contributed by atoms with Crippen molar-refractivity contribution in [3.63, 3.8) is 0 Å². The van der Waals surface area contributed by atoms with Gasteiger partial charge in [0.1, 0.15) is 5.82 Å². The smallest absolute Gasteiger partial charge is 0.128 e. The molecule has 0 bridgehead atoms. The molecule has 1 aromatic carbocycles. The molecule has 1 aromatic heterocycles. The molecule has 0 radical (unpaired) electrons. The van der Waals surface area contributed by atoms with Gasteiger partial charge in [-0.3, -0.25) is 0 Å². The number of hydrogen-bond donors (Lipinski definition) is 0. The molecular weight excluding hydrogens is 246 g/mol. The van der Waals surface area contributed by atoms with Crippen molar-refractivity contribution in [2.75, 3.05) is 36.0 Å². The summed E-state index contributed by atoms with van der Waals surface area (Å²) in [6.45, 7) is 8.37.